The second-order valence-electron chi connectivity index (χ2n) is 6.35. The molecule has 0 aliphatic carbocycles. The molecule has 3 N–H and O–H groups in total. The molecule has 1 rings (SSSR count). The summed E-state index contributed by atoms with van der Waals surface area (Å²) in [4.78, 5) is 23.3. The van der Waals surface area contributed by atoms with E-state index in [1.807, 2.05) is 5.32 Å². The third-order valence-corrected chi connectivity index (χ3v) is 3.17. The van der Waals surface area contributed by atoms with Gasteiger partial charge in [-0.05, 0) is 45.9 Å². The van der Waals surface area contributed by atoms with Gasteiger partial charge < -0.3 is 15.2 Å². The number of ether oxygens (including phenoxy) is 1. The van der Waals surface area contributed by atoms with E-state index in [1.165, 1.54) is 18.2 Å². The van der Waals surface area contributed by atoms with Crippen LogP contribution in [0.3, 0.4) is 0 Å². The Kier molecular flexibility index (Phi) is 5.97. The Morgan fingerprint density at radius 2 is 1.68 bits per heavy atom. The fourth-order valence-electron chi connectivity index (χ4n) is 1.49. The third-order valence-electron chi connectivity index (χ3n) is 2.86. The highest BCUT2D eigenvalue weighted by Gasteiger charge is 2.55. The zero-order chi connectivity index (χ0) is 19.6. The highest BCUT2D eigenvalue weighted by atomic mass is 35.5. The van der Waals surface area contributed by atoms with Crippen LogP contribution in [-0.2, 0) is 9.53 Å². The number of amides is 2. The molecule has 0 aliphatic heterocycles. The summed E-state index contributed by atoms with van der Waals surface area (Å²) in [5.41, 5.74) is -4.25. The molecular formula is C15H18ClF3N2O4. The van der Waals surface area contributed by atoms with Gasteiger partial charge in [0.05, 0.1) is 10.7 Å². The number of rotatable bonds is 3. The van der Waals surface area contributed by atoms with Crippen LogP contribution in [0.1, 0.15) is 27.7 Å². The Bertz CT molecular complexity index is 670. The second-order valence-corrected chi connectivity index (χ2v) is 6.75. The van der Waals surface area contributed by atoms with Gasteiger partial charge in [0.25, 0.3) is 5.91 Å². The standard InChI is InChI=1S/C15H18ClF3N2O4/c1-13(2,3)25-12(23)20-8-5-6-10(9(16)7-8)21-11(22)14(4,24)15(17,18)19/h5-7,24H,1-4H3,(H,20,23)(H,21,22). The number of nitrogens with one attached hydrogen (secondary N) is 2. The maximum absolute atomic E-state index is 12.6. The summed E-state index contributed by atoms with van der Waals surface area (Å²) < 4.78 is 42.9. The molecule has 1 unspecified atom stereocenters. The van der Waals surface area contributed by atoms with Crippen LogP contribution in [0.4, 0.5) is 29.3 Å². The highest BCUT2D eigenvalue weighted by molar-refractivity contribution is 6.34. The molecule has 10 heteroatoms. The number of alkyl halides is 3. The molecule has 0 heterocycles. The normalized spacial score (nSPS) is 14.4. The van der Waals surface area contributed by atoms with E-state index in [-0.39, 0.29) is 16.4 Å². The topological polar surface area (TPSA) is 87.7 Å². The van der Waals surface area contributed by atoms with Gasteiger partial charge in [-0.25, -0.2) is 4.79 Å². The highest BCUT2D eigenvalue weighted by Crippen LogP contribution is 2.32. The first-order valence-corrected chi connectivity index (χ1v) is 7.41. The van der Waals surface area contributed by atoms with E-state index in [4.69, 9.17) is 16.3 Å². The third kappa shape index (κ3) is 5.79. The van der Waals surface area contributed by atoms with Gasteiger partial charge in [-0.2, -0.15) is 13.2 Å². The Hall–Kier alpha value is -2.00. The summed E-state index contributed by atoms with van der Waals surface area (Å²) in [6, 6.07) is 3.69. The van der Waals surface area contributed by atoms with E-state index in [1.54, 1.807) is 20.8 Å². The zero-order valence-corrected chi connectivity index (χ0v) is 14.7. The largest absolute Gasteiger partial charge is 0.444 e. The maximum Gasteiger partial charge on any atom is 0.426 e. The van der Waals surface area contributed by atoms with Gasteiger partial charge in [0, 0.05) is 5.69 Å². The molecule has 2 amide bonds. The van der Waals surface area contributed by atoms with Crippen LogP contribution in [-0.4, -0.2) is 34.5 Å². The quantitative estimate of drug-likeness (QED) is 0.739. The number of anilines is 2. The average molecular weight is 383 g/mol. The lowest BCUT2D eigenvalue weighted by atomic mass is 10.1. The summed E-state index contributed by atoms with van der Waals surface area (Å²) in [5.74, 6) is -1.69. The van der Waals surface area contributed by atoms with Crippen molar-refractivity contribution in [3.8, 4) is 0 Å². The minimum Gasteiger partial charge on any atom is -0.444 e. The molecule has 0 radical (unpaired) electrons. The van der Waals surface area contributed by atoms with Gasteiger partial charge in [-0.3, -0.25) is 10.1 Å². The predicted octanol–water partition coefficient (Wildman–Crippen LogP) is 3.94. The lowest BCUT2D eigenvalue weighted by Crippen LogP contribution is -2.52. The van der Waals surface area contributed by atoms with Crippen LogP contribution in [0.25, 0.3) is 0 Å². The fourth-order valence-corrected chi connectivity index (χ4v) is 1.72. The van der Waals surface area contributed by atoms with Crippen molar-refractivity contribution in [3.63, 3.8) is 0 Å². The van der Waals surface area contributed by atoms with E-state index in [0.29, 0.717) is 6.92 Å². The number of aliphatic hydroxyl groups is 1. The van der Waals surface area contributed by atoms with Crippen molar-refractivity contribution in [2.45, 2.75) is 45.1 Å². The molecule has 0 saturated carbocycles. The van der Waals surface area contributed by atoms with Crippen LogP contribution < -0.4 is 10.6 Å². The van der Waals surface area contributed by atoms with Gasteiger partial charge in [0.15, 0.2) is 0 Å². The van der Waals surface area contributed by atoms with Gasteiger partial charge in [0.1, 0.15) is 5.60 Å². The summed E-state index contributed by atoms with van der Waals surface area (Å²) in [5, 5.41) is 13.4. The van der Waals surface area contributed by atoms with Crippen molar-refractivity contribution in [2.75, 3.05) is 10.6 Å². The smallest absolute Gasteiger partial charge is 0.426 e. The molecule has 1 atom stereocenters. The number of hydrogen-bond donors (Lipinski definition) is 3. The molecule has 25 heavy (non-hydrogen) atoms. The molecule has 0 aromatic heterocycles. The molecule has 1 aromatic rings. The first-order valence-electron chi connectivity index (χ1n) is 7.03. The summed E-state index contributed by atoms with van der Waals surface area (Å²) in [6.45, 7) is 5.34. The molecule has 140 valence electrons. The average Bonchev–Trinajstić information content (AvgIpc) is 2.38. The fraction of sp³-hybridized carbons (Fsp3) is 0.467. The van der Waals surface area contributed by atoms with E-state index in [0.717, 1.165) is 0 Å². The lowest BCUT2D eigenvalue weighted by molar-refractivity contribution is -0.242. The van der Waals surface area contributed by atoms with E-state index < -0.39 is 29.4 Å². The van der Waals surface area contributed by atoms with Crippen LogP contribution in [0.5, 0.6) is 0 Å². The molecule has 0 bridgehead atoms. The maximum atomic E-state index is 12.6. The van der Waals surface area contributed by atoms with Crippen molar-refractivity contribution in [1.29, 1.82) is 0 Å². The second kappa shape index (κ2) is 7.09. The Balaban J connectivity index is 2.86. The number of carbonyl (C=O) groups excluding carboxylic acids is 2. The van der Waals surface area contributed by atoms with Gasteiger partial charge in [-0.15, -0.1) is 0 Å². The SMILES string of the molecule is CC(C)(C)OC(=O)Nc1ccc(NC(=O)C(C)(O)C(F)(F)F)c(Cl)c1. The summed E-state index contributed by atoms with van der Waals surface area (Å²) in [7, 11) is 0. The van der Waals surface area contributed by atoms with E-state index in [2.05, 4.69) is 5.32 Å². The molecule has 0 saturated heterocycles. The van der Waals surface area contributed by atoms with Gasteiger partial charge in [-0.1, -0.05) is 11.6 Å². The Morgan fingerprint density at radius 1 is 1.12 bits per heavy atom. The first kappa shape index (κ1) is 21.0. The van der Waals surface area contributed by atoms with Crippen LogP contribution in [0.15, 0.2) is 18.2 Å². The van der Waals surface area contributed by atoms with E-state index in [9.17, 15) is 27.9 Å². The molecular weight excluding hydrogens is 365 g/mol. The van der Waals surface area contributed by atoms with Crippen molar-refractivity contribution in [2.24, 2.45) is 0 Å². The van der Waals surface area contributed by atoms with Crippen LogP contribution >= 0.6 is 11.6 Å². The van der Waals surface area contributed by atoms with E-state index >= 15 is 0 Å². The van der Waals surface area contributed by atoms with Gasteiger partial charge >= 0.3 is 12.3 Å². The number of benzene rings is 1. The van der Waals surface area contributed by atoms with Crippen molar-refractivity contribution in [3.05, 3.63) is 23.2 Å². The molecule has 0 fully saturated rings. The lowest BCUT2D eigenvalue weighted by Gasteiger charge is -2.25. The zero-order valence-electron chi connectivity index (χ0n) is 13.9. The number of halogens is 4. The molecule has 1 aromatic carbocycles. The van der Waals surface area contributed by atoms with Crippen molar-refractivity contribution >= 4 is 35.0 Å². The minimum absolute atomic E-state index is 0.139. The Labute approximate surface area is 147 Å². The molecule has 0 spiro atoms. The first-order chi connectivity index (χ1) is 11.1. The van der Waals surface area contributed by atoms with Crippen molar-refractivity contribution < 1.29 is 32.6 Å². The summed E-state index contributed by atoms with van der Waals surface area (Å²) in [6.07, 6.45) is -5.90. The molecule has 0 aliphatic rings. The summed E-state index contributed by atoms with van der Waals surface area (Å²) >= 11 is 5.88. The minimum atomic E-state index is -5.15. The predicted molar refractivity (Wildman–Crippen MR) is 86.6 cm³/mol. The van der Waals surface area contributed by atoms with Gasteiger partial charge in [0.2, 0.25) is 5.60 Å². The van der Waals surface area contributed by atoms with Crippen molar-refractivity contribution in [1.82, 2.24) is 0 Å². The Morgan fingerprint density at radius 3 is 2.12 bits per heavy atom. The van der Waals surface area contributed by atoms with Crippen LogP contribution in [0, 0.1) is 0 Å². The van der Waals surface area contributed by atoms with Crippen LogP contribution in [0.2, 0.25) is 5.02 Å². The number of carbonyl (C=O) groups is 2. The molecule has 6 nitrogen and oxygen atoms in total. The monoisotopic (exact) mass is 382 g/mol. The number of hydrogen-bond acceptors (Lipinski definition) is 4.